The highest BCUT2D eigenvalue weighted by Crippen LogP contribution is 2.43. The lowest BCUT2D eigenvalue weighted by Gasteiger charge is -2.16. The third-order valence-electron chi connectivity index (χ3n) is 13.4. The monoisotopic (exact) mass is 895 g/mol. The Balaban J connectivity index is 0.888. The maximum absolute atomic E-state index is 5.21. The molecule has 0 atom stereocenters. The van der Waals surface area contributed by atoms with E-state index in [0.29, 0.717) is 17.5 Å². The molecule has 322 valence electrons. The van der Waals surface area contributed by atoms with E-state index in [0.717, 1.165) is 44.5 Å². The molecular formula is C65H41N3S. The van der Waals surface area contributed by atoms with Crippen molar-refractivity contribution in [1.82, 2.24) is 15.0 Å². The molecule has 69 heavy (non-hydrogen) atoms. The first-order chi connectivity index (χ1) is 34.2. The molecule has 2 heterocycles. The number of rotatable bonds is 8. The number of aromatic nitrogens is 3. The standard InChI is InChI=1S/C65H41N3S/c1-3-16-42(17-4-1)46-20-15-21-48(40-46)64-66-63(67-65(68-64)60-28-12-7-22-49(60)43-18-5-2-6-19-43)45-32-30-44(31-33-45)50-36-38-56(54-25-10-8-23-52(50)54)57-39-37-51(53-24-9-11-26-55(53)57)47-34-35-59-58-27-13-14-29-61(58)69-62(59)41-47/h1-41H. The Labute approximate surface area is 404 Å². The lowest BCUT2D eigenvalue weighted by Crippen LogP contribution is -2.01. The van der Waals surface area contributed by atoms with Crippen molar-refractivity contribution >= 4 is 53.1 Å². The van der Waals surface area contributed by atoms with E-state index in [9.17, 15) is 0 Å². The van der Waals surface area contributed by atoms with Crippen LogP contribution in [-0.2, 0) is 0 Å². The summed E-state index contributed by atoms with van der Waals surface area (Å²) in [7, 11) is 0. The minimum Gasteiger partial charge on any atom is -0.208 e. The Morgan fingerprint density at radius 3 is 1.32 bits per heavy atom. The molecule has 4 heteroatoms. The summed E-state index contributed by atoms with van der Waals surface area (Å²) in [6, 6.07) is 88.9. The molecule has 0 aliphatic heterocycles. The van der Waals surface area contributed by atoms with Gasteiger partial charge in [0.2, 0.25) is 0 Å². The number of fused-ring (bicyclic) bond motifs is 5. The van der Waals surface area contributed by atoms with Gasteiger partial charge in [0.05, 0.1) is 0 Å². The lowest BCUT2D eigenvalue weighted by atomic mass is 9.88. The zero-order valence-corrected chi connectivity index (χ0v) is 38.2. The fourth-order valence-electron chi connectivity index (χ4n) is 10.0. The van der Waals surface area contributed by atoms with Crippen molar-refractivity contribution < 1.29 is 0 Å². The molecule has 0 spiro atoms. The van der Waals surface area contributed by atoms with Crippen LogP contribution in [0.3, 0.4) is 0 Å². The first-order valence-corrected chi connectivity index (χ1v) is 24.1. The Kier molecular flexibility index (Phi) is 10.0. The van der Waals surface area contributed by atoms with Gasteiger partial charge in [-0.1, -0.05) is 231 Å². The summed E-state index contributed by atoms with van der Waals surface area (Å²) in [5.41, 5.74) is 14.4. The molecule has 3 nitrogen and oxygen atoms in total. The zero-order valence-electron chi connectivity index (χ0n) is 37.4. The molecule has 0 aliphatic carbocycles. The lowest BCUT2D eigenvalue weighted by molar-refractivity contribution is 1.07. The van der Waals surface area contributed by atoms with Crippen LogP contribution < -0.4 is 0 Å². The van der Waals surface area contributed by atoms with Crippen LogP contribution in [0.5, 0.6) is 0 Å². The van der Waals surface area contributed by atoms with Crippen molar-refractivity contribution in [2.24, 2.45) is 0 Å². The molecule has 0 N–H and O–H groups in total. The van der Waals surface area contributed by atoms with E-state index in [1.807, 2.05) is 23.5 Å². The Morgan fingerprint density at radius 2 is 0.638 bits per heavy atom. The van der Waals surface area contributed by atoms with E-state index in [4.69, 9.17) is 15.0 Å². The second-order valence-electron chi connectivity index (χ2n) is 17.5. The number of nitrogens with zero attached hydrogens (tertiary/aromatic N) is 3. The van der Waals surface area contributed by atoms with Crippen LogP contribution in [0.2, 0.25) is 0 Å². The van der Waals surface area contributed by atoms with Crippen molar-refractivity contribution in [2.75, 3.05) is 0 Å². The van der Waals surface area contributed by atoms with E-state index < -0.39 is 0 Å². The van der Waals surface area contributed by atoms with Crippen LogP contribution in [0.15, 0.2) is 249 Å². The maximum atomic E-state index is 5.21. The van der Waals surface area contributed by atoms with Crippen molar-refractivity contribution in [3.05, 3.63) is 249 Å². The normalized spacial score (nSPS) is 11.5. The van der Waals surface area contributed by atoms with Gasteiger partial charge in [0.1, 0.15) is 0 Å². The molecule has 0 radical (unpaired) electrons. The molecule has 0 saturated carbocycles. The molecule has 13 rings (SSSR count). The first kappa shape index (κ1) is 40.4. The van der Waals surface area contributed by atoms with Gasteiger partial charge in [-0.3, -0.25) is 0 Å². The van der Waals surface area contributed by atoms with Gasteiger partial charge in [-0.05, 0) is 95.4 Å². The molecule has 0 amide bonds. The fraction of sp³-hybridized carbons (Fsp3) is 0. The predicted molar refractivity (Wildman–Crippen MR) is 291 cm³/mol. The molecule has 0 fully saturated rings. The second kappa shape index (κ2) is 17.1. The summed E-state index contributed by atoms with van der Waals surface area (Å²) in [5.74, 6) is 1.87. The van der Waals surface area contributed by atoms with Gasteiger partial charge in [0.25, 0.3) is 0 Å². The minimum absolute atomic E-state index is 0.619. The fourth-order valence-corrected chi connectivity index (χ4v) is 11.2. The van der Waals surface area contributed by atoms with E-state index in [1.54, 1.807) is 0 Å². The molecular weight excluding hydrogens is 855 g/mol. The van der Waals surface area contributed by atoms with E-state index in [1.165, 1.54) is 69.5 Å². The molecule has 2 aromatic heterocycles. The van der Waals surface area contributed by atoms with Gasteiger partial charge in [-0.25, -0.2) is 15.0 Å². The van der Waals surface area contributed by atoms with E-state index in [2.05, 4.69) is 237 Å². The summed E-state index contributed by atoms with van der Waals surface area (Å²) in [6.07, 6.45) is 0. The molecule has 0 unspecified atom stereocenters. The van der Waals surface area contributed by atoms with Crippen LogP contribution in [0, 0.1) is 0 Å². The highest BCUT2D eigenvalue weighted by Gasteiger charge is 2.18. The van der Waals surface area contributed by atoms with Crippen molar-refractivity contribution in [3.8, 4) is 89.8 Å². The number of thiophene rings is 1. The number of hydrogen-bond acceptors (Lipinski definition) is 4. The second-order valence-corrected chi connectivity index (χ2v) is 18.5. The summed E-state index contributed by atoms with van der Waals surface area (Å²) in [5, 5.41) is 7.54. The molecule has 13 aromatic rings. The van der Waals surface area contributed by atoms with Crippen LogP contribution >= 0.6 is 11.3 Å². The smallest absolute Gasteiger partial charge is 0.164 e. The van der Waals surface area contributed by atoms with Crippen molar-refractivity contribution in [1.29, 1.82) is 0 Å². The van der Waals surface area contributed by atoms with Crippen molar-refractivity contribution in [3.63, 3.8) is 0 Å². The topological polar surface area (TPSA) is 38.7 Å². The van der Waals surface area contributed by atoms with Gasteiger partial charge in [-0.2, -0.15) is 0 Å². The Morgan fingerprint density at radius 1 is 0.203 bits per heavy atom. The third-order valence-corrected chi connectivity index (χ3v) is 14.5. The molecule has 0 bridgehead atoms. The highest BCUT2D eigenvalue weighted by molar-refractivity contribution is 7.25. The van der Waals surface area contributed by atoms with Crippen LogP contribution in [-0.4, -0.2) is 15.0 Å². The maximum Gasteiger partial charge on any atom is 0.164 e. The third kappa shape index (κ3) is 7.35. The summed E-state index contributed by atoms with van der Waals surface area (Å²) < 4.78 is 2.64. The van der Waals surface area contributed by atoms with Crippen LogP contribution in [0.4, 0.5) is 0 Å². The highest BCUT2D eigenvalue weighted by atomic mass is 32.1. The molecule has 0 saturated heterocycles. The predicted octanol–water partition coefficient (Wildman–Crippen LogP) is 17.9. The summed E-state index contributed by atoms with van der Waals surface area (Å²) in [6.45, 7) is 0. The van der Waals surface area contributed by atoms with Gasteiger partial charge in [0, 0.05) is 36.9 Å². The van der Waals surface area contributed by atoms with Crippen LogP contribution in [0.25, 0.3) is 132 Å². The quantitative estimate of drug-likeness (QED) is 0.153. The van der Waals surface area contributed by atoms with Gasteiger partial charge < -0.3 is 0 Å². The molecule has 11 aromatic carbocycles. The average molecular weight is 896 g/mol. The van der Waals surface area contributed by atoms with Gasteiger partial charge in [0.15, 0.2) is 17.5 Å². The Hall–Kier alpha value is -8.83. The zero-order chi connectivity index (χ0) is 45.7. The summed E-state index contributed by atoms with van der Waals surface area (Å²) >= 11 is 1.87. The SMILES string of the molecule is c1ccc(-c2cccc(-c3nc(-c4ccc(-c5ccc(-c6ccc(-c7ccc8c(c7)sc7ccccc78)c7ccccc67)c6ccccc56)cc4)nc(-c4ccccc4-c4ccccc4)n3)c2)cc1. The van der Waals surface area contributed by atoms with E-state index in [-0.39, 0.29) is 0 Å². The molecule has 0 aliphatic rings. The summed E-state index contributed by atoms with van der Waals surface area (Å²) in [4.78, 5) is 15.6. The number of hydrogen-bond donors (Lipinski definition) is 0. The number of benzene rings is 11. The largest absolute Gasteiger partial charge is 0.208 e. The van der Waals surface area contributed by atoms with Crippen LogP contribution in [0.1, 0.15) is 0 Å². The van der Waals surface area contributed by atoms with Gasteiger partial charge >= 0.3 is 0 Å². The first-order valence-electron chi connectivity index (χ1n) is 23.3. The van der Waals surface area contributed by atoms with Gasteiger partial charge in [-0.15, -0.1) is 11.3 Å². The average Bonchev–Trinajstić information content (AvgIpc) is 3.81. The Bertz CT molecular complexity index is 4060. The van der Waals surface area contributed by atoms with E-state index >= 15 is 0 Å². The minimum atomic E-state index is 0.619. The van der Waals surface area contributed by atoms with Crippen molar-refractivity contribution in [2.45, 2.75) is 0 Å².